The standard InChI is InChI=1S/C18H23N3O3/c1-13-10-17(19-20(13)2)18(22)21-8-9-24-16(12-21)11-14-4-6-15(23-3)7-5-14/h4-7,10,16H,8-9,11-12H2,1-3H3/t16-/m1/s1. The predicted octanol–water partition coefficient (Wildman–Crippen LogP) is 1.82. The lowest BCUT2D eigenvalue weighted by Gasteiger charge is -2.32. The Morgan fingerprint density at radius 3 is 2.75 bits per heavy atom. The molecule has 1 atom stereocenters. The highest BCUT2D eigenvalue weighted by Crippen LogP contribution is 2.17. The summed E-state index contributed by atoms with van der Waals surface area (Å²) in [5.41, 5.74) is 2.64. The van der Waals surface area contributed by atoms with Gasteiger partial charge >= 0.3 is 0 Å². The Labute approximate surface area is 142 Å². The maximum Gasteiger partial charge on any atom is 0.274 e. The number of ether oxygens (including phenoxy) is 2. The number of rotatable bonds is 4. The molecule has 0 bridgehead atoms. The van der Waals surface area contributed by atoms with Crippen molar-refractivity contribution in [3.63, 3.8) is 0 Å². The third-order valence-electron chi connectivity index (χ3n) is 4.38. The molecule has 128 valence electrons. The van der Waals surface area contributed by atoms with Gasteiger partial charge in [-0.05, 0) is 30.7 Å². The van der Waals surface area contributed by atoms with Crippen molar-refractivity contribution in [2.24, 2.45) is 7.05 Å². The summed E-state index contributed by atoms with van der Waals surface area (Å²) in [6.45, 7) is 3.68. The van der Waals surface area contributed by atoms with E-state index in [-0.39, 0.29) is 12.0 Å². The maximum absolute atomic E-state index is 12.6. The number of aromatic nitrogens is 2. The molecule has 1 aliphatic rings. The molecule has 6 nitrogen and oxygen atoms in total. The van der Waals surface area contributed by atoms with Gasteiger partial charge in [-0.15, -0.1) is 0 Å². The number of hydrogen-bond acceptors (Lipinski definition) is 4. The van der Waals surface area contributed by atoms with Crippen molar-refractivity contribution in [2.45, 2.75) is 19.4 Å². The van der Waals surface area contributed by atoms with Gasteiger partial charge in [0.15, 0.2) is 5.69 Å². The Hall–Kier alpha value is -2.34. The number of amides is 1. The first kappa shape index (κ1) is 16.5. The highest BCUT2D eigenvalue weighted by molar-refractivity contribution is 5.92. The Kier molecular flexibility index (Phi) is 4.85. The van der Waals surface area contributed by atoms with Gasteiger partial charge in [0, 0.05) is 32.3 Å². The molecule has 0 N–H and O–H groups in total. The van der Waals surface area contributed by atoms with Crippen LogP contribution in [0.25, 0.3) is 0 Å². The smallest absolute Gasteiger partial charge is 0.274 e. The van der Waals surface area contributed by atoms with Crippen LogP contribution in [0.1, 0.15) is 21.7 Å². The van der Waals surface area contributed by atoms with E-state index in [1.54, 1.807) is 11.8 Å². The first-order valence-electron chi connectivity index (χ1n) is 8.11. The van der Waals surface area contributed by atoms with Gasteiger partial charge < -0.3 is 14.4 Å². The first-order valence-corrected chi connectivity index (χ1v) is 8.11. The number of aryl methyl sites for hydroxylation is 2. The van der Waals surface area contributed by atoms with Gasteiger partial charge in [-0.25, -0.2) is 0 Å². The zero-order valence-corrected chi connectivity index (χ0v) is 14.4. The summed E-state index contributed by atoms with van der Waals surface area (Å²) in [4.78, 5) is 14.5. The average Bonchev–Trinajstić information content (AvgIpc) is 2.94. The van der Waals surface area contributed by atoms with Crippen molar-refractivity contribution in [3.8, 4) is 5.75 Å². The van der Waals surface area contributed by atoms with Crippen LogP contribution in [-0.4, -0.2) is 53.5 Å². The van der Waals surface area contributed by atoms with Crippen molar-refractivity contribution in [3.05, 3.63) is 47.3 Å². The molecular weight excluding hydrogens is 306 g/mol. The normalized spacial score (nSPS) is 17.8. The highest BCUT2D eigenvalue weighted by atomic mass is 16.5. The summed E-state index contributed by atoms with van der Waals surface area (Å²) >= 11 is 0. The molecule has 1 aromatic carbocycles. The third-order valence-corrected chi connectivity index (χ3v) is 4.38. The zero-order valence-electron chi connectivity index (χ0n) is 14.4. The van der Waals surface area contributed by atoms with Crippen LogP contribution in [0.3, 0.4) is 0 Å². The molecule has 2 aromatic rings. The highest BCUT2D eigenvalue weighted by Gasteiger charge is 2.26. The van der Waals surface area contributed by atoms with E-state index in [1.165, 1.54) is 5.56 Å². The van der Waals surface area contributed by atoms with Crippen molar-refractivity contribution >= 4 is 5.91 Å². The topological polar surface area (TPSA) is 56.6 Å². The van der Waals surface area contributed by atoms with Gasteiger partial charge in [0.2, 0.25) is 0 Å². The first-order chi connectivity index (χ1) is 11.6. The van der Waals surface area contributed by atoms with E-state index in [2.05, 4.69) is 5.10 Å². The van der Waals surface area contributed by atoms with Gasteiger partial charge in [0.1, 0.15) is 5.75 Å². The molecule has 2 heterocycles. The molecule has 6 heteroatoms. The SMILES string of the molecule is COc1ccc(C[C@@H]2CN(C(=O)c3cc(C)n(C)n3)CCO2)cc1. The molecule has 24 heavy (non-hydrogen) atoms. The van der Waals surface area contributed by atoms with Crippen LogP contribution in [0.5, 0.6) is 5.75 Å². The lowest BCUT2D eigenvalue weighted by Crippen LogP contribution is -2.46. The monoisotopic (exact) mass is 329 g/mol. The van der Waals surface area contributed by atoms with Crippen molar-refractivity contribution < 1.29 is 14.3 Å². The summed E-state index contributed by atoms with van der Waals surface area (Å²) in [5, 5.41) is 4.28. The van der Waals surface area contributed by atoms with Crippen molar-refractivity contribution in [2.75, 3.05) is 26.8 Å². The molecule has 0 saturated carbocycles. The van der Waals surface area contributed by atoms with Gasteiger partial charge in [0.25, 0.3) is 5.91 Å². The minimum atomic E-state index is -0.0262. The van der Waals surface area contributed by atoms with E-state index in [1.807, 2.05) is 49.2 Å². The van der Waals surface area contributed by atoms with Gasteiger partial charge in [-0.1, -0.05) is 12.1 Å². The number of benzene rings is 1. The Morgan fingerprint density at radius 1 is 1.38 bits per heavy atom. The van der Waals surface area contributed by atoms with Crippen LogP contribution in [0.15, 0.2) is 30.3 Å². The fourth-order valence-electron chi connectivity index (χ4n) is 2.88. The summed E-state index contributed by atoms with van der Waals surface area (Å²) in [6, 6.07) is 9.78. The molecule has 0 aliphatic carbocycles. The Balaban J connectivity index is 1.64. The minimum absolute atomic E-state index is 0.000837. The second kappa shape index (κ2) is 7.05. The third kappa shape index (κ3) is 3.59. The van der Waals surface area contributed by atoms with Crippen molar-refractivity contribution in [1.82, 2.24) is 14.7 Å². The summed E-state index contributed by atoms with van der Waals surface area (Å²) in [5.74, 6) is 0.812. The Morgan fingerprint density at radius 2 is 2.12 bits per heavy atom. The van der Waals surface area contributed by atoms with Crippen LogP contribution >= 0.6 is 0 Å². The summed E-state index contributed by atoms with van der Waals surface area (Å²) in [6.07, 6.45) is 0.774. The van der Waals surface area contributed by atoms with E-state index in [0.29, 0.717) is 25.4 Å². The number of morpholine rings is 1. The van der Waals surface area contributed by atoms with Crippen LogP contribution < -0.4 is 4.74 Å². The molecule has 0 radical (unpaired) electrons. The minimum Gasteiger partial charge on any atom is -0.497 e. The largest absolute Gasteiger partial charge is 0.497 e. The number of nitrogens with zero attached hydrogens (tertiary/aromatic N) is 3. The zero-order chi connectivity index (χ0) is 17.1. The van der Waals surface area contributed by atoms with Crippen LogP contribution in [0, 0.1) is 6.92 Å². The fourth-order valence-corrected chi connectivity index (χ4v) is 2.88. The molecule has 1 saturated heterocycles. The van der Waals surface area contributed by atoms with E-state index < -0.39 is 0 Å². The lowest BCUT2D eigenvalue weighted by molar-refractivity contribution is -0.0210. The average molecular weight is 329 g/mol. The molecular formula is C18H23N3O3. The number of hydrogen-bond donors (Lipinski definition) is 0. The van der Waals surface area contributed by atoms with Gasteiger partial charge in [-0.3, -0.25) is 9.48 Å². The molecule has 1 amide bonds. The Bertz CT molecular complexity index is 689. The number of carbonyl (C=O) groups excluding carboxylic acids is 1. The van der Waals surface area contributed by atoms with Crippen LogP contribution in [0.2, 0.25) is 0 Å². The van der Waals surface area contributed by atoms with Crippen LogP contribution in [0.4, 0.5) is 0 Å². The summed E-state index contributed by atoms with van der Waals surface area (Å²) in [7, 11) is 3.50. The van der Waals surface area contributed by atoms with E-state index in [0.717, 1.165) is 17.9 Å². The number of carbonyl (C=O) groups is 1. The van der Waals surface area contributed by atoms with E-state index >= 15 is 0 Å². The van der Waals surface area contributed by atoms with Gasteiger partial charge in [-0.2, -0.15) is 5.10 Å². The lowest BCUT2D eigenvalue weighted by atomic mass is 10.1. The van der Waals surface area contributed by atoms with E-state index in [9.17, 15) is 4.79 Å². The quantitative estimate of drug-likeness (QED) is 0.859. The molecule has 0 unspecified atom stereocenters. The number of methoxy groups -OCH3 is 1. The molecule has 1 aromatic heterocycles. The molecule has 1 fully saturated rings. The van der Waals surface area contributed by atoms with Crippen molar-refractivity contribution in [1.29, 1.82) is 0 Å². The fraction of sp³-hybridized carbons (Fsp3) is 0.444. The van der Waals surface area contributed by atoms with Crippen LogP contribution in [-0.2, 0) is 18.2 Å². The molecule has 3 rings (SSSR count). The summed E-state index contributed by atoms with van der Waals surface area (Å²) < 4.78 is 12.7. The van der Waals surface area contributed by atoms with Gasteiger partial charge in [0.05, 0.1) is 19.8 Å². The second-order valence-corrected chi connectivity index (χ2v) is 6.09. The second-order valence-electron chi connectivity index (χ2n) is 6.09. The maximum atomic E-state index is 12.6. The molecule has 0 spiro atoms. The predicted molar refractivity (Wildman–Crippen MR) is 90.3 cm³/mol. The molecule has 1 aliphatic heterocycles. The van der Waals surface area contributed by atoms with E-state index in [4.69, 9.17) is 9.47 Å².